The van der Waals surface area contributed by atoms with Crippen molar-refractivity contribution in [1.82, 2.24) is 9.78 Å². The van der Waals surface area contributed by atoms with Crippen molar-refractivity contribution in [3.05, 3.63) is 11.9 Å². The number of hydrogen-bond donors (Lipinski definition) is 1. The van der Waals surface area contributed by atoms with Crippen molar-refractivity contribution in [2.75, 3.05) is 18.5 Å². The number of carbonyl (C=O) groups excluding carboxylic acids is 1. The maximum absolute atomic E-state index is 11.5. The molecule has 0 radical (unpaired) electrons. The summed E-state index contributed by atoms with van der Waals surface area (Å²) in [5.41, 5.74) is -0.101. The Hall–Kier alpha value is -1.89. The number of carboxylic acid groups (broad SMARTS) is 1. The minimum absolute atomic E-state index is 0.133. The number of aromatic nitrogens is 2. The molecule has 104 valence electrons. The number of amides is 1. The van der Waals surface area contributed by atoms with Crippen molar-refractivity contribution >= 4 is 17.6 Å². The third kappa shape index (κ3) is 2.76. The van der Waals surface area contributed by atoms with Gasteiger partial charge in [-0.2, -0.15) is 5.10 Å². The maximum atomic E-state index is 11.5. The highest BCUT2D eigenvalue weighted by atomic mass is 16.5. The number of anilines is 1. The predicted molar refractivity (Wildman–Crippen MR) is 67.1 cm³/mol. The fourth-order valence-corrected chi connectivity index (χ4v) is 1.98. The van der Waals surface area contributed by atoms with E-state index < -0.39 is 11.9 Å². The highest BCUT2D eigenvalue weighted by Crippen LogP contribution is 2.26. The largest absolute Gasteiger partial charge is 0.476 e. The molecule has 0 saturated carbocycles. The van der Waals surface area contributed by atoms with Crippen LogP contribution in [0.2, 0.25) is 0 Å². The van der Waals surface area contributed by atoms with E-state index in [1.807, 2.05) is 0 Å². The van der Waals surface area contributed by atoms with E-state index in [2.05, 4.69) is 5.10 Å². The van der Waals surface area contributed by atoms with Crippen molar-refractivity contribution in [3.8, 4) is 0 Å². The Morgan fingerprint density at radius 2 is 2.42 bits per heavy atom. The summed E-state index contributed by atoms with van der Waals surface area (Å²) in [4.78, 5) is 23.8. The molecule has 1 aliphatic heterocycles. The minimum Gasteiger partial charge on any atom is -0.476 e. The molecule has 0 bridgehead atoms. The van der Waals surface area contributed by atoms with Gasteiger partial charge in [-0.05, 0) is 19.3 Å². The molecule has 2 heterocycles. The first-order chi connectivity index (χ1) is 9.54. The van der Waals surface area contributed by atoms with Gasteiger partial charge in [-0.1, -0.05) is 0 Å². The second-order valence-corrected chi connectivity index (χ2v) is 4.42. The molecule has 0 aromatic carbocycles. The van der Waals surface area contributed by atoms with Crippen LogP contribution in [0.1, 0.15) is 44.3 Å². The summed E-state index contributed by atoms with van der Waals surface area (Å²) in [7, 11) is -0.354. The minimum atomic E-state index is -1.23. The van der Waals surface area contributed by atoms with Crippen molar-refractivity contribution in [2.45, 2.75) is 32.4 Å². The van der Waals surface area contributed by atoms with E-state index in [0.29, 0.717) is 6.61 Å². The maximum Gasteiger partial charge on any atom is 0.358 e. The number of nitrogens with zero attached hydrogens (tertiary/aromatic N) is 3. The van der Waals surface area contributed by atoms with Crippen LogP contribution in [0, 0.1) is 0 Å². The van der Waals surface area contributed by atoms with E-state index in [4.69, 9.17) is 6.11 Å². The molecule has 7 heteroatoms. The molecule has 7 nitrogen and oxygen atoms in total. The van der Waals surface area contributed by atoms with E-state index in [1.54, 1.807) is 0 Å². The Balaban J connectivity index is 2.37. The fraction of sp³-hybridized carbons (Fsp3) is 0.583. The lowest BCUT2D eigenvalue weighted by molar-refractivity contribution is -0.116. The van der Waals surface area contributed by atoms with Gasteiger partial charge in [0.05, 0.1) is 11.9 Å². The molecule has 1 aromatic rings. The molecule has 1 saturated heterocycles. The van der Waals surface area contributed by atoms with Gasteiger partial charge in [0.1, 0.15) is 6.23 Å². The van der Waals surface area contributed by atoms with Crippen LogP contribution < -0.4 is 4.90 Å². The standard InChI is InChI=1S/C12H17N3O4/c1-8(16)14(2)9-7-15(13-11(9)12(17)18)10-5-3-4-6-19-10/h7,10H,3-6H2,1-2H3,(H,17,18)/i2D. The third-order valence-corrected chi connectivity index (χ3v) is 3.04. The monoisotopic (exact) mass is 268 g/mol. The highest BCUT2D eigenvalue weighted by Gasteiger charge is 2.25. The Morgan fingerprint density at radius 1 is 1.63 bits per heavy atom. The van der Waals surface area contributed by atoms with Crippen molar-refractivity contribution in [3.63, 3.8) is 0 Å². The summed E-state index contributed by atoms with van der Waals surface area (Å²) in [6, 6.07) is 0. The summed E-state index contributed by atoms with van der Waals surface area (Å²) < 4.78 is 14.3. The molecule has 0 aliphatic carbocycles. The number of aromatic carboxylic acids is 1. The van der Waals surface area contributed by atoms with Gasteiger partial charge in [0.15, 0.2) is 5.69 Å². The van der Waals surface area contributed by atoms with Gasteiger partial charge in [0, 0.05) is 21.9 Å². The Bertz CT molecular complexity index is 511. The van der Waals surface area contributed by atoms with Crippen molar-refractivity contribution < 1.29 is 20.8 Å². The van der Waals surface area contributed by atoms with Gasteiger partial charge in [-0.25, -0.2) is 9.48 Å². The van der Waals surface area contributed by atoms with Gasteiger partial charge in [-0.15, -0.1) is 0 Å². The summed E-state index contributed by atoms with van der Waals surface area (Å²) in [5.74, 6) is -1.62. The van der Waals surface area contributed by atoms with E-state index in [1.165, 1.54) is 17.8 Å². The Morgan fingerprint density at radius 3 is 2.95 bits per heavy atom. The van der Waals surface area contributed by atoms with Crippen LogP contribution in [-0.2, 0) is 9.53 Å². The van der Waals surface area contributed by atoms with Crippen LogP contribution in [0.3, 0.4) is 0 Å². The SMILES string of the molecule is [2H]CN(C(C)=O)c1cn(C2CCCCO2)nc1C(=O)O. The number of ether oxygens (including phenoxy) is 1. The van der Waals surface area contributed by atoms with Crippen LogP contribution in [0.15, 0.2) is 6.20 Å². The Labute approximate surface area is 112 Å². The summed E-state index contributed by atoms with van der Waals surface area (Å²) in [5, 5.41) is 13.2. The van der Waals surface area contributed by atoms with E-state index in [-0.39, 0.29) is 24.6 Å². The molecule has 19 heavy (non-hydrogen) atoms. The van der Waals surface area contributed by atoms with Crippen molar-refractivity contribution in [1.29, 1.82) is 0 Å². The normalized spacial score (nSPS) is 19.8. The zero-order valence-corrected chi connectivity index (χ0v) is 10.7. The second-order valence-electron chi connectivity index (χ2n) is 4.42. The number of hydrogen-bond acceptors (Lipinski definition) is 4. The smallest absolute Gasteiger partial charge is 0.358 e. The number of rotatable bonds is 3. The summed E-state index contributed by atoms with van der Waals surface area (Å²) in [6.07, 6.45) is 3.87. The molecule has 1 fully saturated rings. The van der Waals surface area contributed by atoms with Crippen LogP contribution in [0.5, 0.6) is 0 Å². The lowest BCUT2D eigenvalue weighted by atomic mass is 10.2. The van der Waals surface area contributed by atoms with Gasteiger partial charge >= 0.3 is 5.97 Å². The van der Waals surface area contributed by atoms with Gasteiger partial charge in [-0.3, -0.25) is 4.79 Å². The lowest BCUT2D eigenvalue weighted by Crippen LogP contribution is -2.24. The first kappa shape index (κ1) is 12.2. The van der Waals surface area contributed by atoms with Crippen molar-refractivity contribution in [2.24, 2.45) is 0 Å². The van der Waals surface area contributed by atoms with Gasteiger partial charge in [0.25, 0.3) is 0 Å². The Kier molecular flexibility index (Phi) is 3.45. The molecule has 1 amide bonds. The zero-order valence-electron chi connectivity index (χ0n) is 11.7. The van der Waals surface area contributed by atoms with E-state index >= 15 is 0 Å². The predicted octanol–water partition coefficient (Wildman–Crippen LogP) is 1.26. The number of carboxylic acids is 1. The van der Waals surface area contributed by atoms with Crippen LogP contribution >= 0.6 is 0 Å². The number of carbonyl (C=O) groups is 2. The average Bonchev–Trinajstić information content (AvgIpc) is 2.85. The third-order valence-electron chi connectivity index (χ3n) is 3.04. The second kappa shape index (κ2) is 5.40. The molecule has 2 rings (SSSR count). The summed E-state index contributed by atoms with van der Waals surface area (Å²) >= 11 is 0. The molecular weight excluding hydrogens is 250 g/mol. The topological polar surface area (TPSA) is 84.7 Å². The molecule has 1 aliphatic rings. The first-order valence-electron chi connectivity index (χ1n) is 6.76. The zero-order chi connectivity index (χ0) is 14.7. The lowest BCUT2D eigenvalue weighted by Gasteiger charge is -2.22. The summed E-state index contributed by atoms with van der Waals surface area (Å²) in [6.45, 7) is 1.89. The average molecular weight is 268 g/mol. The first-order valence-corrected chi connectivity index (χ1v) is 6.06. The molecule has 1 aromatic heterocycles. The van der Waals surface area contributed by atoms with Crippen LogP contribution in [0.4, 0.5) is 5.69 Å². The molecule has 1 N–H and O–H groups in total. The molecule has 1 atom stereocenters. The van der Waals surface area contributed by atoms with Crippen LogP contribution in [-0.4, -0.2) is 40.4 Å². The molecule has 1 unspecified atom stereocenters. The van der Waals surface area contributed by atoms with E-state index in [0.717, 1.165) is 24.2 Å². The highest BCUT2D eigenvalue weighted by molar-refractivity contribution is 5.99. The molecule has 0 spiro atoms. The fourth-order valence-electron chi connectivity index (χ4n) is 1.98. The molecular formula is C12H17N3O4. The van der Waals surface area contributed by atoms with Gasteiger partial charge in [0.2, 0.25) is 5.91 Å². The quantitative estimate of drug-likeness (QED) is 0.892. The van der Waals surface area contributed by atoms with Crippen LogP contribution in [0.25, 0.3) is 0 Å². The van der Waals surface area contributed by atoms with E-state index in [9.17, 15) is 14.7 Å². The van der Waals surface area contributed by atoms with Gasteiger partial charge < -0.3 is 14.7 Å².